The number of rotatable bonds is 7. The zero-order valence-corrected chi connectivity index (χ0v) is 13.1. The fourth-order valence-electron chi connectivity index (χ4n) is 2.13. The molecule has 0 atom stereocenters. The first kappa shape index (κ1) is 16.7. The van der Waals surface area contributed by atoms with Gasteiger partial charge in [-0.25, -0.2) is 4.98 Å². The van der Waals surface area contributed by atoms with Crippen LogP contribution in [0.3, 0.4) is 0 Å². The average molecular weight is 317 g/mol. The number of hydrogen-bond acceptors (Lipinski definition) is 6. The second-order valence-electron chi connectivity index (χ2n) is 4.69. The predicted octanol–water partition coefficient (Wildman–Crippen LogP) is 1.13. The number of ether oxygens (including phenoxy) is 2. The third kappa shape index (κ3) is 4.17. The molecule has 0 saturated heterocycles. The van der Waals surface area contributed by atoms with E-state index >= 15 is 0 Å². The van der Waals surface area contributed by atoms with E-state index < -0.39 is 0 Å². The first-order valence-corrected chi connectivity index (χ1v) is 7.08. The molecular weight excluding hydrogens is 298 g/mol. The third-order valence-electron chi connectivity index (χ3n) is 3.25. The average Bonchev–Trinajstić information content (AvgIpc) is 2.61. The zero-order valence-electron chi connectivity index (χ0n) is 13.1. The van der Waals surface area contributed by atoms with E-state index in [9.17, 15) is 9.90 Å². The number of aliphatic hydroxyl groups is 1. The summed E-state index contributed by atoms with van der Waals surface area (Å²) in [6.45, 7) is 0.335. The van der Waals surface area contributed by atoms with Crippen LogP contribution >= 0.6 is 0 Å². The summed E-state index contributed by atoms with van der Waals surface area (Å²) in [6.07, 6.45) is 1.46. The number of para-hydroxylation sites is 1. The van der Waals surface area contributed by atoms with Crippen molar-refractivity contribution in [2.75, 3.05) is 27.4 Å². The van der Waals surface area contributed by atoms with Gasteiger partial charge in [0, 0.05) is 24.8 Å². The number of methoxy groups -OCH3 is 2. The van der Waals surface area contributed by atoms with Crippen LogP contribution in [0, 0.1) is 0 Å². The van der Waals surface area contributed by atoms with Gasteiger partial charge in [0.25, 0.3) is 5.91 Å². The Morgan fingerprint density at radius 2 is 2.00 bits per heavy atom. The highest BCUT2D eigenvalue weighted by molar-refractivity contribution is 5.92. The molecule has 23 heavy (non-hydrogen) atoms. The minimum Gasteiger partial charge on any atom is -0.496 e. The fraction of sp³-hybridized carbons (Fsp3) is 0.312. The van der Waals surface area contributed by atoms with Crippen LogP contribution < -0.4 is 9.47 Å². The Hall–Kier alpha value is -2.67. The van der Waals surface area contributed by atoms with E-state index in [0.29, 0.717) is 12.3 Å². The van der Waals surface area contributed by atoms with Gasteiger partial charge in [0.2, 0.25) is 0 Å². The van der Waals surface area contributed by atoms with Crippen molar-refractivity contribution in [3.8, 4) is 11.8 Å². The highest BCUT2D eigenvalue weighted by Gasteiger charge is 2.19. The quantitative estimate of drug-likeness (QED) is 0.824. The van der Waals surface area contributed by atoms with Crippen LogP contribution in [0.1, 0.15) is 16.1 Å². The minimum atomic E-state index is -0.314. The molecule has 7 nitrogen and oxygen atoms in total. The van der Waals surface area contributed by atoms with E-state index in [2.05, 4.69) is 9.97 Å². The summed E-state index contributed by atoms with van der Waals surface area (Å²) in [5, 5.41) is 9.26. The minimum absolute atomic E-state index is 0.122. The normalized spacial score (nSPS) is 10.2. The molecule has 122 valence electrons. The summed E-state index contributed by atoms with van der Waals surface area (Å²) in [6, 6.07) is 9.05. The van der Waals surface area contributed by atoms with Gasteiger partial charge in [-0.2, -0.15) is 4.98 Å². The second-order valence-corrected chi connectivity index (χ2v) is 4.69. The Labute approximate surface area is 134 Å². The van der Waals surface area contributed by atoms with Crippen LogP contribution in [-0.2, 0) is 6.54 Å². The lowest BCUT2D eigenvalue weighted by Crippen LogP contribution is -2.33. The van der Waals surface area contributed by atoms with Crippen LogP contribution in [-0.4, -0.2) is 53.3 Å². The molecule has 1 amide bonds. The molecule has 1 heterocycles. The molecule has 1 N–H and O–H groups in total. The van der Waals surface area contributed by atoms with Crippen LogP contribution in [0.4, 0.5) is 0 Å². The van der Waals surface area contributed by atoms with Crippen molar-refractivity contribution in [2.24, 2.45) is 0 Å². The highest BCUT2D eigenvalue weighted by atomic mass is 16.5. The van der Waals surface area contributed by atoms with Crippen molar-refractivity contribution in [1.29, 1.82) is 0 Å². The first-order valence-electron chi connectivity index (χ1n) is 7.08. The van der Waals surface area contributed by atoms with Gasteiger partial charge in [0.1, 0.15) is 11.4 Å². The Kier molecular flexibility index (Phi) is 5.87. The van der Waals surface area contributed by atoms with Crippen LogP contribution in [0.25, 0.3) is 0 Å². The molecule has 0 bridgehead atoms. The second kappa shape index (κ2) is 8.09. The molecular formula is C16H19N3O4. The van der Waals surface area contributed by atoms with Crippen molar-refractivity contribution >= 4 is 5.91 Å². The van der Waals surface area contributed by atoms with Gasteiger partial charge in [0.05, 0.1) is 20.8 Å². The van der Waals surface area contributed by atoms with Gasteiger partial charge >= 0.3 is 6.01 Å². The maximum Gasteiger partial charge on any atom is 0.316 e. The topological polar surface area (TPSA) is 84.8 Å². The standard InChI is InChI=1S/C16H19N3O4/c1-22-14-6-4-3-5-12(14)11-19(9-10-20)15(21)13-7-8-17-16(18-13)23-2/h3-8,20H,9-11H2,1-2H3. The van der Waals surface area contributed by atoms with Gasteiger partial charge in [-0.05, 0) is 12.1 Å². The Morgan fingerprint density at radius 3 is 2.70 bits per heavy atom. The lowest BCUT2D eigenvalue weighted by Gasteiger charge is -2.22. The summed E-state index contributed by atoms with van der Waals surface area (Å²) in [5.41, 5.74) is 1.05. The monoisotopic (exact) mass is 317 g/mol. The van der Waals surface area contributed by atoms with Crippen molar-refractivity contribution in [1.82, 2.24) is 14.9 Å². The fourth-order valence-corrected chi connectivity index (χ4v) is 2.13. The summed E-state index contributed by atoms with van der Waals surface area (Å²) >= 11 is 0. The number of nitrogens with zero attached hydrogens (tertiary/aromatic N) is 3. The predicted molar refractivity (Wildman–Crippen MR) is 83.4 cm³/mol. The van der Waals surface area contributed by atoms with Crippen LogP contribution in [0.15, 0.2) is 36.5 Å². The van der Waals surface area contributed by atoms with E-state index in [1.54, 1.807) is 7.11 Å². The Bertz CT molecular complexity index is 663. The molecule has 0 radical (unpaired) electrons. The summed E-state index contributed by atoms with van der Waals surface area (Å²) in [7, 11) is 3.01. The number of benzene rings is 1. The Morgan fingerprint density at radius 1 is 1.22 bits per heavy atom. The van der Waals surface area contributed by atoms with Crippen LogP contribution in [0.5, 0.6) is 11.8 Å². The lowest BCUT2D eigenvalue weighted by atomic mass is 10.1. The molecule has 1 aromatic carbocycles. The summed E-state index contributed by atoms with van der Waals surface area (Å²) in [5.74, 6) is 0.370. The molecule has 0 unspecified atom stereocenters. The molecule has 0 aliphatic rings. The van der Waals surface area contributed by atoms with Crippen LogP contribution in [0.2, 0.25) is 0 Å². The van der Waals surface area contributed by atoms with E-state index in [1.807, 2.05) is 24.3 Å². The van der Waals surface area contributed by atoms with Gasteiger partial charge in [-0.1, -0.05) is 18.2 Å². The number of carbonyl (C=O) groups excluding carboxylic acids is 1. The summed E-state index contributed by atoms with van der Waals surface area (Å²) < 4.78 is 10.2. The lowest BCUT2D eigenvalue weighted by molar-refractivity contribution is 0.0699. The molecule has 0 spiro atoms. The van der Waals surface area contributed by atoms with Crippen molar-refractivity contribution in [3.05, 3.63) is 47.8 Å². The molecule has 0 aliphatic heterocycles. The smallest absolute Gasteiger partial charge is 0.316 e. The van der Waals surface area contributed by atoms with Crippen molar-refractivity contribution < 1.29 is 19.4 Å². The first-order chi connectivity index (χ1) is 11.2. The maximum atomic E-state index is 12.6. The van der Waals surface area contributed by atoms with Gasteiger partial charge < -0.3 is 19.5 Å². The van der Waals surface area contributed by atoms with E-state index in [1.165, 1.54) is 24.3 Å². The Balaban J connectivity index is 2.24. The van der Waals surface area contributed by atoms with Gasteiger partial charge in [-0.15, -0.1) is 0 Å². The SMILES string of the molecule is COc1nccc(C(=O)N(CCO)Cc2ccccc2OC)n1. The van der Waals surface area contributed by atoms with Crippen molar-refractivity contribution in [2.45, 2.75) is 6.54 Å². The molecule has 0 aliphatic carbocycles. The van der Waals surface area contributed by atoms with E-state index in [4.69, 9.17) is 9.47 Å². The largest absolute Gasteiger partial charge is 0.496 e. The number of carbonyl (C=O) groups is 1. The molecule has 0 saturated carbocycles. The molecule has 2 rings (SSSR count). The van der Waals surface area contributed by atoms with E-state index in [-0.39, 0.29) is 30.8 Å². The van der Waals surface area contributed by atoms with Gasteiger partial charge in [0.15, 0.2) is 0 Å². The van der Waals surface area contributed by atoms with E-state index in [0.717, 1.165) is 5.56 Å². The third-order valence-corrected chi connectivity index (χ3v) is 3.25. The molecule has 0 fully saturated rings. The number of hydrogen-bond donors (Lipinski definition) is 1. The molecule has 7 heteroatoms. The summed E-state index contributed by atoms with van der Waals surface area (Å²) in [4.78, 5) is 22.1. The number of amides is 1. The maximum absolute atomic E-state index is 12.6. The van der Waals surface area contributed by atoms with Gasteiger partial charge in [-0.3, -0.25) is 4.79 Å². The molecule has 2 aromatic rings. The van der Waals surface area contributed by atoms with Crippen molar-refractivity contribution in [3.63, 3.8) is 0 Å². The molecule has 1 aromatic heterocycles. The number of aliphatic hydroxyl groups excluding tert-OH is 1. The zero-order chi connectivity index (χ0) is 16.7. The number of aromatic nitrogens is 2. The highest BCUT2D eigenvalue weighted by Crippen LogP contribution is 2.20.